The summed E-state index contributed by atoms with van der Waals surface area (Å²) in [6, 6.07) is 22.3. The van der Waals surface area contributed by atoms with Crippen LogP contribution in [0.4, 0.5) is 11.4 Å². The lowest BCUT2D eigenvalue weighted by Gasteiger charge is -2.33. The third-order valence-corrected chi connectivity index (χ3v) is 7.69. The Labute approximate surface area is 189 Å². The van der Waals surface area contributed by atoms with Crippen LogP contribution in [0.1, 0.15) is 36.1 Å². The number of carbonyl (C=O) groups excluding carboxylic acids is 1. The van der Waals surface area contributed by atoms with Gasteiger partial charge in [-0.05, 0) is 43.0 Å². The molecule has 0 atom stereocenters. The van der Waals surface area contributed by atoms with Gasteiger partial charge in [-0.1, -0.05) is 73.7 Å². The number of anilines is 2. The van der Waals surface area contributed by atoms with Gasteiger partial charge in [-0.25, -0.2) is 8.42 Å². The molecule has 1 aliphatic heterocycles. The number of carbonyl (C=O) groups is 1. The second kappa shape index (κ2) is 8.63. The number of nitrogens with one attached hydrogen (secondary N) is 1. The monoisotopic (exact) mass is 446 g/mol. The Hall–Kier alpha value is -3.38. The topological polar surface area (TPSA) is 66.5 Å². The van der Waals surface area contributed by atoms with Gasteiger partial charge in [0.25, 0.3) is 15.9 Å². The van der Waals surface area contributed by atoms with Crippen molar-refractivity contribution < 1.29 is 13.2 Å². The molecule has 4 rings (SSSR count). The van der Waals surface area contributed by atoms with Crippen molar-refractivity contribution in [1.82, 2.24) is 0 Å². The van der Waals surface area contributed by atoms with Crippen LogP contribution in [0, 0.1) is 6.92 Å². The van der Waals surface area contributed by atoms with Gasteiger partial charge in [-0.3, -0.25) is 9.10 Å². The summed E-state index contributed by atoms with van der Waals surface area (Å²) in [4.78, 5) is 13.5. The van der Waals surface area contributed by atoms with E-state index in [4.69, 9.17) is 0 Å². The van der Waals surface area contributed by atoms with Gasteiger partial charge in [0.05, 0.1) is 5.69 Å². The number of benzene rings is 3. The lowest BCUT2D eigenvalue weighted by atomic mass is 9.95. The van der Waals surface area contributed by atoms with Crippen LogP contribution in [-0.4, -0.2) is 20.9 Å². The van der Waals surface area contributed by atoms with E-state index in [0.29, 0.717) is 22.5 Å². The van der Waals surface area contributed by atoms with E-state index < -0.39 is 15.9 Å². The Bertz CT molecular complexity index is 1310. The van der Waals surface area contributed by atoms with Crippen molar-refractivity contribution in [2.75, 3.05) is 16.2 Å². The maximum absolute atomic E-state index is 13.8. The maximum atomic E-state index is 13.8. The molecule has 1 heterocycles. The summed E-state index contributed by atoms with van der Waals surface area (Å²) in [5.74, 6) is -0.624. The molecular weight excluding hydrogens is 420 g/mol. The summed E-state index contributed by atoms with van der Waals surface area (Å²) >= 11 is 0. The molecule has 0 bridgehead atoms. The number of nitrogens with zero attached hydrogens (tertiary/aromatic N) is 1. The standard InChI is InChI=1S/C26H26N2O3S/c1-4-19-15-11-12-18(3)24(19)27-26(29)25-23(20-13-7-6-8-14-20)21-16-9-10-17-22(21)28(5-2)32(25,30)31/h6-17H,4-5H2,1-3H3,(H,27,29). The van der Waals surface area contributed by atoms with Crippen LogP contribution in [0.3, 0.4) is 0 Å². The molecule has 5 nitrogen and oxygen atoms in total. The lowest BCUT2D eigenvalue weighted by Crippen LogP contribution is -2.39. The fourth-order valence-corrected chi connectivity index (χ4v) is 5.98. The summed E-state index contributed by atoms with van der Waals surface area (Å²) in [7, 11) is -4.08. The summed E-state index contributed by atoms with van der Waals surface area (Å²) in [5.41, 5.74) is 4.93. The highest BCUT2D eigenvalue weighted by atomic mass is 32.2. The zero-order chi connectivity index (χ0) is 22.9. The zero-order valence-corrected chi connectivity index (χ0v) is 19.2. The fourth-order valence-electron chi connectivity index (χ4n) is 4.23. The number of hydrogen-bond acceptors (Lipinski definition) is 3. The number of rotatable bonds is 5. The first-order valence-corrected chi connectivity index (χ1v) is 12.2. The van der Waals surface area contributed by atoms with Crippen molar-refractivity contribution in [3.8, 4) is 0 Å². The number of hydrogen-bond donors (Lipinski definition) is 1. The zero-order valence-electron chi connectivity index (χ0n) is 18.4. The Morgan fingerprint density at radius 1 is 0.906 bits per heavy atom. The third kappa shape index (κ3) is 3.60. The van der Waals surface area contributed by atoms with Gasteiger partial charge >= 0.3 is 0 Å². The van der Waals surface area contributed by atoms with Gasteiger partial charge < -0.3 is 5.32 Å². The van der Waals surface area contributed by atoms with E-state index in [9.17, 15) is 13.2 Å². The van der Waals surface area contributed by atoms with Crippen LogP contribution in [-0.2, 0) is 21.2 Å². The number of fused-ring (bicyclic) bond motifs is 1. The Kier molecular flexibility index (Phi) is 5.89. The van der Waals surface area contributed by atoms with Gasteiger partial charge in [0.15, 0.2) is 4.91 Å². The second-order valence-electron chi connectivity index (χ2n) is 7.67. The van der Waals surface area contributed by atoms with Crippen LogP contribution in [0.15, 0.2) is 77.7 Å². The normalized spacial score (nSPS) is 14.8. The number of aryl methyl sites for hydroxylation is 2. The van der Waals surface area contributed by atoms with Crippen LogP contribution in [0.5, 0.6) is 0 Å². The molecule has 3 aromatic rings. The van der Waals surface area contributed by atoms with Gasteiger partial charge in [-0.2, -0.15) is 0 Å². The predicted molar refractivity (Wildman–Crippen MR) is 130 cm³/mol. The van der Waals surface area contributed by atoms with Crippen molar-refractivity contribution in [3.63, 3.8) is 0 Å². The summed E-state index contributed by atoms with van der Waals surface area (Å²) in [6.07, 6.45) is 0.721. The second-order valence-corrected chi connectivity index (χ2v) is 9.47. The van der Waals surface area contributed by atoms with Crippen molar-refractivity contribution >= 4 is 32.9 Å². The van der Waals surface area contributed by atoms with E-state index in [0.717, 1.165) is 23.1 Å². The molecule has 0 radical (unpaired) electrons. The first kappa shape index (κ1) is 21.8. The molecule has 0 spiro atoms. The molecule has 0 saturated carbocycles. The van der Waals surface area contributed by atoms with Gasteiger partial charge in [0, 0.05) is 23.4 Å². The van der Waals surface area contributed by atoms with E-state index in [1.807, 2.05) is 80.6 Å². The molecule has 0 aromatic heterocycles. The first-order valence-electron chi connectivity index (χ1n) is 10.7. The van der Waals surface area contributed by atoms with E-state index >= 15 is 0 Å². The van der Waals surface area contributed by atoms with Crippen LogP contribution >= 0.6 is 0 Å². The number of sulfonamides is 1. The molecule has 0 saturated heterocycles. The molecule has 0 aliphatic carbocycles. The van der Waals surface area contributed by atoms with E-state index in [-0.39, 0.29) is 11.4 Å². The van der Waals surface area contributed by atoms with E-state index in [1.54, 1.807) is 13.0 Å². The van der Waals surface area contributed by atoms with Crippen molar-refractivity contribution in [3.05, 3.63) is 100.0 Å². The molecule has 0 fully saturated rings. The van der Waals surface area contributed by atoms with E-state index in [2.05, 4.69) is 5.32 Å². The van der Waals surface area contributed by atoms with Gasteiger partial charge in [0.2, 0.25) is 0 Å². The van der Waals surface area contributed by atoms with Crippen molar-refractivity contribution in [1.29, 1.82) is 0 Å². The largest absolute Gasteiger partial charge is 0.321 e. The summed E-state index contributed by atoms with van der Waals surface area (Å²) < 4.78 is 28.8. The maximum Gasteiger partial charge on any atom is 0.270 e. The molecule has 3 aromatic carbocycles. The Morgan fingerprint density at radius 2 is 1.59 bits per heavy atom. The minimum absolute atomic E-state index is 0.225. The van der Waals surface area contributed by atoms with Gasteiger partial charge in [-0.15, -0.1) is 0 Å². The number of amides is 1. The van der Waals surface area contributed by atoms with E-state index in [1.165, 1.54) is 4.31 Å². The van der Waals surface area contributed by atoms with Crippen molar-refractivity contribution in [2.45, 2.75) is 27.2 Å². The average molecular weight is 447 g/mol. The molecule has 0 unspecified atom stereocenters. The molecular formula is C26H26N2O3S. The van der Waals surface area contributed by atoms with Crippen molar-refractivity contribution in [2.24, 2.45) is 0 Å². The highest BCUT2D eigenvalue weighted by Gasteiger charge is 2.40. The minimum atomic E-state index is -4.08. The molecule has 1 aliphatic rings. The minimum Gasteiger partial charge on any atom is -0.321 e. The number of para-hydroxylation sites is 2. The quantitative estimate of drug-likeness (QED) is 0.591. The van der Waals surface area contributed by atoms with Crippen LogP contribution < -0.4 is 9.62 Å². The fraction of sp³-hybridized carbons (Fsp3) is 0.192. The van der Waals surface area contributed by atoms with Crippen LogP contribution in [0.2, 0.25) is 0 Å². The average Bonchev–Trinajstić information content (AvgIpc) is 2.79. The highest BCUT2D eigenvalue weighted by Crippen LogP contribution is 2.43. The van der Waals surface area contributed by atoms with Crippen LogP contribution in [0.25, 0.3) is 5.57 Å². The molecule has 1 amide bonds. The first-order chi connectivity index (χ1) is 15.4. The molecule has 1 N–H and O–H groups in total. The highest BCUT2D eigenvalue weighted by molar-refractivity contribution is 7.97. The molecule has 32 heavy (non-hydrogen) atoms. The SMILES string of the molecule is CCc1cccc(C)c1NC(=O)C1=C(c2ccccc2)c2ccccc2N(CC)S1(=O)=O. The summed E-state index contributed by atoms with van der Waals surface area (Å²) in [6.45, 7) is 5.91. The van der Waals surface area contributed by atoms with Gasteiger partial charge in [0.1, 0.15) is 0 Å². The Balaban J connectivity index is 1.99. The Morgan fingerprint density at radius 3 is 2.28 bits per heavy atom. The predicted octanol–water partition coefficient (Wildman–Crippen LogP) is 5.13. The summed E-state index contributed by atoms with van der Waals surface area (Å²) in [5, 5.41) is 2.93. The smallest absolute Gasteiger partial charge is 0.270 e. The molecule has 6 heteroatoms. The lowest BCUT2D eigenvalue weighted by molar-refractivity contribution is -0.112. The molecule has 164 valence electrons. The third-order valence-electron chi connectivity index (χ3n) is 5.75.